The molecule has 0 aliphatic carbocycles. The van der Waals surface area contributed by atoms with Crippen molar-refractivity contribution in [3.05, 3.63) is 11.8 Å². The zero-order valence-electron chi connectivity index (χ0n) is 19.3. The number of carbonyl (C=O) groups is 3. The highest BCUT2D eigenvalue weighted by Crippen LogP contribution is 2.24. The lowest BCUT2D eigenvalue weighted by Crippen LogP contribution is -2.54. The molecular formula is C21H34N4O5. The van der Waals surface area contributed by atoms with Crippen molar-refractivity contribution in [2.75, 3.05) is 13.1 Å². The molecule has 2 heterocycles. The second kappa shape index (κ2) is 8.45. The van der Waals surface area contributed by atoms with Gasteiger partial charge in [-0.05, 0) is 47.5 Å². The number of amides is 1. The Balaban J connectivity index is 2.02. The van der Waals surface area contributed by atoms with Crippen LogP contribution in [0.5, 0.6) is 0 Å². The van der Waals surface area contributed by atoms with Gasteiger partial charge in [-0.15, -0.1) is 10.2 Å². The third kappa shape index (κ3) is 5.87. The monoisotopic (exact) mass is 422 g/mol. The first-order valence-electron chi connectivity index (χ1n) is 10.3. The molecule has 9 heteroatoms. The molecule has 1 aliphatic rings. The van der Waals surface area contributed by atoms with E-state index in [0.29, 0.717) is 25.3 Å². The standard InChI is InChI=1S/C21H34N4O5/c1-19(2,3)17-24-23-16(29-17)15(27)13-10-9-11-25(13)14(26)12-22-21(7,8)18(28)30-20(4,5)6/h13,22H,9-12H2,1-8H3. The Morgan fingerprint density at radius 2 is 1.73 bits per heavy atom. The van der Waals surface area contributed by atoms with Crippen LogP contribution in [0.15, 0.2) is 4.42 Å². The van der Waals surface area contributed by atoms with Crippen LogP contribution in [0, 0.1) is 0 Å². The minimum atomic E-state index is -1.05. The van der Waals surface area contributed by atoms with Gasteiger partial charge in [0.05, 0.1) is 6.54 Å². The molecule has 1 unspecified atom stereocenters. The van der Waals surface area contributed by atoms with E-state index in [1.165, 1.54) is 4.90 Å². The molecule has 1 aromatic rings. The molecule has 0 bridgehead atoms. The van der Waals surface area contributed by atoms with E-state index in [0.717, 1.165) is 0 Å². The van der Waals surface area contributed by atoms with Crippen LogP contribution < -0.4 is 5.32 Å². The molecule has 1 amide bonds. The lowest BCUT2D eigenvalue weighted by Gasteiger charge is -2.30. The number of aromatic nitrogens is 2. The summed E-state index contributed by atoms with van der Waals surface area (Å²) < 4.78 is 11.0. The molecule has 1 aromatic heterocycles. The van der Waals surface area contributed by atoms with Crippen LogP contribution in [0.4, 0.5) is 0 Å². The topological polar surface area (TPSA) is 115 Å². The number of ketones is 1. The highest BCUT2D eigenvalue weighted by molar-refractivity contribution is 5.99. The van der Waals surface area contributed by atoms with Crippen LogP contribution in [0.1, 0.15) is 84.8 Å². The van der Waals surface area contributed by atoms with Gasteiger partial charge < -0.3 is 14.1 Å². The second-order valence-electron chi connectivity index (χ2n) is 10.3. The maximum atomic E-state index is 12.9. The number of Topliss-reactive ketones (excluding diaryl/α,β-unsaturated/α-hetero) is 1. The van der Waals surface area contributed by atoms with Gasteiger partial charge >= 0.3 is 5.97 Å². The molecule has 1 aliphatic heterocycles. The number of hydrogen-bond donors (Lipinski definition) is 1. The van der Waals surface area contributed by atoms with Gasteiger partial charge in [-0.1, -0.05) is 20.8 Å². The fourth-order valence-electron chi connectivity index (χ4n) is 2.98. The lowest BCUT2D eigenvalue weighted by atomic mass is 9.97. The van der Waals surface area contributed by atoms with Gasteiger partial charge in [-0.3, -0.25) is 19.7 Å². The van der Waals surface area contributed by atoms with E-state index in [1.54, 1.807) is 34.6 Å². The molecule has 0 aromatic carbocycles. The van der Waals surface area contributed by atoms with Crippen molar-refractivity contribution in [3.8, 4) is 0 Å². The first-order valence-corrected chi connectivity index (χ1v) is 10.3. The predicted octanol–water partition coefficient (Wildman–Crippen LogP) is 2.25. The summed E-state index contributed by atoms with van der Waals surface area (Å²) in [7, 11) is 0. The van der Waals surface area contributed by atoms with Crippen molar-refractivity contribution in [3.63, 3.8) is 0 Å². The molecule has 0 spiro atoms. The zero-order chi connectivity index (χ0) is 22.9. The summed E-state index contributed by atoms with van der Waals surface area (Å²) in [5.74, 6) is -0.764. The molecular weight excluding hydrogens is 388 g/mol. The van der Waals surface area contributed by atoms with Crippen molar-refractivity contribution in [2.45, 2.75) is 90.8 Å². The molecule has 2 rings (SSSR count). The number of likely N-dealkylation sites (tertiary alicyclic amines) is 1. The maximum absolute atomic E-state index is 12.9. The van der Waals surface area contributed by atoms with Crippen LogP contribution in [-0.2, 0) is 19.7 Å². The average Bonchev–Trinajstić information content (AvgIpc) is 3.26. The molecule has 1 fully saturated rings. The fourth-order valence-corrected chi connectivity index (χ4v) is 2.98. The first-order chi connectivity index (χ1) is 13.6. The Bertz CT molecular complexity index is 801. The van der Waals surface area contributed by atoms with Gasteiger partial charge in [0.25, 0.3) is 5.89 Å². The molecule has 9 nitrogen and oxygen atoms in total. The summed E-state index contributed by atoms with van der Waals surface area (Å²) in [6.07, 6.45) is 1.24. The molecule has 168 valence electrons. The van der Waals surface area contributed by atoms with Crippen LogP contribution in [-0.4, -0.2) is 63.0 Å². The van der Waals surface area contributed by atoms with Crippen molar-refractivity contribution in [1.82, 2.24) is 20.4 Å². The fraction of sp³-hybridized carbons (Fsp3) is 0.762. The summed E-state index contributed by atoms with van der Waals surface area (Å²) in [6.45, 7) is 14.8. The van der Waals surface area contributed by atoms with E-state index in [4.69, 9.17) is 9.15 Å². The second-order valence-corrected chi connectivity index (χ2v) is 10.3. The van der Waals surface area contributed by atoms with Crippen LogP contribution in [0.2, 0.25) is 0 Å². The van der Waals surface area contributed by atoms with E-state index in [2.05, 4.69) is 15.5 Å². The highest BCUT2D eigenvalue weighted by atomic mass is 16.6. The molecule has 1 N–H and O–H groups in total. The third-order valence-electron chi connectivity index (χ3n) is 4.74. The molecule has 30 heavy (non-hydrogen) atoms. The van der Waals surface area contributed by atoms with Gasteiger partial charge in [0.1, 0.15) is 17.2 Å². The number of hydrogen-bond acceptors (Lipinski definition) is 8. The Kier molecular flexibility index (Phi) is 6.76. The van der Waals surface area contributed by atoms with Crippen molar-refractivity contribution in [2.24, 2.45) is 0 Å². The molecule has 0 saturated carbocycles. The van der Waals surface area contributed by atoms with Gasteiger partial charge in [0, 0.05) is 12.0 Å². The Morgan fingerprint density at radius 3 is 2.27 bits per heavy atom. The first kappa shape index (κ1) is 24.0. The van der Waals surface area contributed by atoms with E-state index in [-0.39, 0.29) is 29.5 Å². The maximum Gasteiger partial charge on any atom is 0.326 e. The normalized spacial score (nSPS) is 17.9. The minimum absolute atomic E-state index is 0.0772. The Hall–Kier alpha value is -2.29. The summed E-state index contributed by atoms with van der Waals surface area (Å²) in [6, 6.07) is -0.641. The minimum Gasteiger partial charge on any atom is -0.459 e. The van der Waals surface area contributed by atoms with Gasteiger partial charge in [-0.2, -0.15) is 0 Å². The van der Waals surface area contributed by atoms with Crippen molar-refractivity contribution < 1.29 is 23.5 Å². The van der Waals surface area contributed by atoms with Gasteiger partial charge in [0.2, 0.25) is 17.6 Å². The number of carbonyl (C=O) groups excluding carboxylic acids is 3. The zero-order valence-corrected chi connectivity index (χ0v) is 19.3. The lowest BCUT2D eigenvalue weighted by molar-refractivity contribution is -0.161. The van der Waals surface area contributed by atoms with Crippen molar-refractivity contribution in [1.29, 1.82) is 0 Å². The van der Waals surface area contributed by atoms with Crippen molar-refractivity contribution >= 4 is 17.7 Å². The van der Waals surface area contributed by atoms with E-state index >= 15 is 0 Å². The van der Waals surface area contributed by atoms with E-state index in [1.807, 2.05) is 20.8 Å². The van der Waals surface area contributed by atoms with Crippen LogP contribution >= 0.6 is 0 Å². The average molecular weight is 423 g/mol. The quantitative estimate of drug-likeness (QED) is 0.548. The predicted molar refractivity (Wildman–Crippen MR) is 110 cm³/mol. The smallest absolute Gasteiger partial charge is 0.326 e. The summed E-state index contributed by atoms with van der Waals surface area (Å²) >= 11 is 0. The molecule has 0 radical (unpaired) electrons. The number of nitrogens with one attached hydrogen (secondary N) is 1. The summed E-state index contributed by atoms with van der Waals surface area (Å²) in [4.78, 5) is 39.6. The van der Waals surface area contributed by atoms with Crippen LogP contribution in [0.3, 0.4) is 0 Å². The van der Waals surface area contributed by atoms with Gasteiger partial charge in [-0.25, -0.2) is 0 Å². The number of esters is 1. The summed E-state index contributed by atoms with van der Waals surface area (Å²) in [5.41, 5.74) is -2.04. The van der Waals surface area contributed by atoms with Gasteiger partial charge in [0.15, 0.2) is 0 Å². The largest absolute Gasteiger partial charge is 0.459 e. The highest BCUT2D eigenvalue weighted by Gasteiger charge is 2.39. The number of ether oxygens (including phenoxy) is 1. The van der Waals surface area contributed by atoms with Crippen LogP contribution in [0.25, 0.3) is 0 Å². The Morgan fingerprint density at radius 1 is 1.10 bits per heavy atom. The number of rotatable bonds is 6. The van der Waals surface area contributed by atoms with E-state index < -0.39 is 23.2 Å². The molecule has 1 atom stereocenters. The Labute approximate surface area is 177 Å². The van der Waals surface area contributed by atoms with E-state index in [9.17, 15) is 14.4 Å². The molecule has 1 saturated heterocycles. The number of nitrogens with zero attached hydrogens (tertiary/aromatic N) is 3. The SMILES string of the molecule is CC(C)(C)OC(=O)C(C)(C)NCC(=O)N1CCCC1C(=O)c1nnc(C(C)(C)C)o1. The summed E-state index contributed by atoms with van der Waals surface area (Å²) in [5, 5.41) is 10.8. The third-order valence-corrected chi connectivity index (χ3v) is 4.74.